The van der Waals surface area contributed by atoms with Crippen LogP contribution >= 0.6 is 0 Å². The number of ether oxygens (including phenoxy) is 2. The SMILES string of the molecule is CN(C(=O)OC(C)(C)C)[C@@H]1CCN(C(=O)OCc2ccccc2)[C@H](c2ccc(F)cc2)C1. The molecular weight excluding hydrogens is 411 g/mol. The maximum atomic E-state index is 13.5. The summed E-state index contributed by atoms with van der Waals surface area (Å²) >= 11 is 0. The van der Waals surface area contributed by atoms with E-state index in [0.717, 1.165) is 11.1 Å². The molecular formula is C25H31FN2O4. The molecule has 2 aromatic rings. The standard InChI is InChI=1S/C25H31FN2O4/c1-25(2,3)32-23(29)27(4)21-14-15-28(22(16-21)19-10-12-20(26)13-11-19)24(30)31-17-18-8-6-5-7-9-18/h5-13,21-22H,14-17H2,1-4H3/t21-,22+/m1/s1. The van der Waals surface area contributed by atoms with Gasteiger partial charge in [-0.25, -0.2) is 14.0 Å². The highest BCUT2D eigenvalue weighted by Gasteiger charge is 2.37. The lowest BCUT2D eigenvalue weighted by Gasteiger charge is -2.42. The van der Waals surface area contributed by atoms with Gasteiger partial charge in [-0.3, -0.25) is 0 Å². The highest BCUT2D eigenvalue weighted by atomic mass is 19.1. The van der Waals surface area contributed by atoms with Crippen molar-refractivity contribution >= 4 is 12.2 Å². The fourth-order valence-electron chi connectivity index (χ4n) is 3.80. The van der Waals surface area contributed by atoms with Crippen molar-refractivity contribution in [1.29, 1.82) is 0 Å². The molecule has 2 aromatic carbocycles. The van der Waals surface area contributed by atoms with Crippen molar-refractivity contribution in [1.82, 2.24) is 9.80 Å². The molecule has 0 N–H and O–H groups in total. The number of carbonyl (C=O) groups excluding carboxylic acids is 2. The molecule has 1 heterocycles. The van der Waals surface area contributed by atoms with Gasteiger partial charge in [0.2, 0.25) is 0 Å². The van der Waals surface area contributed by atoms with Gasteiger partial charge in [0.25, 0.3) is 0 Å². The van der Waals surface area contributed by atoms with Crippen molar-refractivity contribution in [2.24, 2.45) is 0 Å². The lowest BCUT2D eigenvalue weighted by molar-refractivity contribution is 0.00745. The summed E-state index contributed by atoms with van der Waals surface area (Å²) < 4.78 is 24.6. The molecule has 0 bridgehead atoms. The third-order valence-electron chi connectivity index (χ3n) is 5.50. The van der Waals surface area contributed by atoms with Crippen molar-refractivity contribution in [2.75, 3.05) is 13.6 Å². The summed E-state index contributed by atoms with van der Waals surface area (Å²) in [5.41, 5.74) is 1.10. The number of hydrogen-bond acceptors (Lipinski definition) is 4. The molecule has 0 aliphatic carbocycles. The summed E-state index contributed by atoms with van der Waals surface area (Å²) in [6.07, 6.45) is 0.261. The molecule has 2 atom stereocenters. The zero-order chi connectivity index (χ0) is 23.3. The van der Waals surface area contributed by atoms with Crippen LogP contribution in [-0.2, 0) is 16.1 Å². The number of carbonyl (C=O) groups is 2. The second kappa shape index (κ2) is 10.0. The maximum Gasteiger partial charge on any atom is 0.410 e. The van der Waals surface area contributed by atoms with Gasteiger partial charge in [0, 0.05) is 19.6 Å². The van der Waals surface area contributed by atoms with Crippen molar-refractivity contribution in [2.45, 2.75) is 57.9 Å². The second-order valence-corrected chi connectivity index (χ2v) is 9.07. The quantitative estimate of drug-likeness (QED) is 0.624. The average molecular weight is 443 g/mol. The summed E-state index contributed by atoms with van der Waals surface area (Å²) in [5, 5.41) is 0. The van der Waals surface area contributed by atoms with Gasteiger partial charge >= 0.3 is 12.2 Å². The van der Waals surface area contributed by atoms with Gasteiger partial charge in [-0.2, -0.15) is 0 Å². The third kappa shape index (κ3) is 6.22. The molecule has 172 valence electrons. The molecule has 3 rings (SSSR count). The molecule has 7 heteroatoms. The fraction of sp³-hybridized carbons (Fsp3) is 0.440. The molecule has 6 nitrogen and oxygen atoms in total. The maximum absolute atomic E-state index is 13.5. The van der Waals surface area contributed by atoms with E-state index >= 15 is 0 Å². The summed E-state index contributed by atoms with van der Waals surface area (Å²) in [4.78, 5) is 28.8. The van der Waals surface area contributed by atoms with Crippen LogP contribution in [0.2, 0.25) is 0 Å². The Hall–Kier alpha value is -3.09. The van der Waals surface area contributed by atoms with Gasteiger partial charge in [-0.15, -0.1) is 0 Å². The fourth-order valence-corrected chi connectivity index (χ4v) is 3.80. The van der Waals surface area contributed by atoms with Crippen LogP contribution in [0, 0.1) is 5.82 Å². The van der Waals surface area contributed by atoms with E-state index in [1.165, 1.54) is 12.1 Å². The first kappa shape index (κ1) is 23.6. The summed E-state index contributed by atoms with van der Waals surface area (Å²) in [5.74, 6) is -0.342. The van der Waals surface area contributed by atoms with Crippen LogP contribution < -0.4 is 0 Å². The minimum Gasteiger partial charge on any atom is -0.445 e. The third-order valence-corrected chi connectivity index (χ3v) is 5.50. The van der Waals surface area contributed by atoms with Gasteiger partial charge in [0.15, 0.2) is 0 Å². The summed E-state index contributed by atoms with van der Waals surface area (Å²) in [6.45, 7) is 6.06. The van der Waals surface area contributed by atoms with Crippen LogP contribution in [0.15, 0.2) is 54.6 Å². The Bertz CT molecular complexity index is 912. The van der Waals surface area contributed by atoms with Crippen LogP contribution in [0.3, 0.4) is 0 Å². The Morgan fingerprint density at radius 2 is 1.75 bits per heavy atom. The number of amides is 2. The summed E-state index contributed by atoms with van der Waals surface area (Å²) in [7, 11) is 1.71. The molecule has 0 aromatic heterocycles. The Balaban J connectivity index is 1.75. The zero-order valence-corrected chi connectivity index (χ0v) is 19.1. The van der Waals surface area contributed by atoms with E-state index in [1.54, 1.807) is 29.0 Å². The van der Waals surface area contributed by atoms with Crippen molar-refractivity contribution in [3.05, 3.63) is 71.5 Å². The lowest BCUT2D eigenvalue weighted by atomic mass is 9.91. The predicted molar refractivity (Wildman–Crippen MR) is 119 cm³/mol. The normalized spacial score (nSPS) is 18.7. The van der Waals surface area contributed by atoms with Gasteiger partial charge in [-0.1, -0.05) is 42.5 Å². The molecule has 0 unspecified atom stereocenters. The van der Waals surface area contributed by atoms with Gasteiger partial charge in [0.1, 0.15) is 18.0 Å². The number of piperidine rings is 1. The molecule has 1 fully saturated rings. The largest absolute Gasteiger partial charge is 0.445 e. The highest BCUT2D eigenvalue weighted by Crippen LogP contribution is 2.34. The smallest absolute Gasteiger partial charge is 0.410 e. The minimum absolute atomic E-state index is 0.127. The van der Waals surface area contributed by atoms with Crippen molar-refractivity contribution in [3.63, 3.8) is 0 Å². The number of hydrogen-bond donors (Lipinski definition) is 0. The number of rotatable bonds is 4. The number of nitrogens with zero attached hydrogens (tertiary/aromatic N) is 2. The van der Waals surface area contributed by atoms with E-state index in [9.17, 15) is 14.0 Å². The molecule has 1 aliphatic rings. The monoisotopic (exact) mass is 442 g/mol. The predicted octanol–water partition coefficient (Wildman–Crippen LogP) is 5.53. The van der Waals surface area contributed by atoms with Crippen LogP contribution in [-0.4, -0.2) is 47.2 Å². The Morgan fingerprint density at radius 1 is 1.09 bits per heavy atom. The van der Waals surface area contributed by atoms with Crippen molar-refractivity contribution in [3.8, 4) is 0 Å². The number of likely N-dealkylation sites (tertiary alicyclic amines) is 1. The Morgan fingerprint density at radius 3 is 2.38 bits per heavy atom. The molecule has 0 spiro atoms. The lowest BCUT2D eigenvalue weighted by Crippen LogP contribution is -2.49. The van der Waals surface area contributed by atoms with E-state index in [2.05, 4.69) is 0 Å². The van der Waals surface area contributed by atoms with Crippen LogP contribution in [0.4, 0.5) is 14.0 Å². The topological polar surface area (TPSA) is 59.1 Å². The van der Waals surface area contributed by atoms with E-state index in [4.69, 9.17) is 9.47 Å². The summed E-state index contributed by atoms with van der Waals surface area (Å²) in [6, 6.07) is 15.1. The molecule has 0 radical (unpaired) electrons. The first-order valence-corrected chi connectivity index (χ1v) is 10.8. The number of benzene rings is 2. The van der Waals surface area contributed by atoms with Crippen molar-refractivity contribution < 1.29 is 23.5 Å². The van der Waals surface area contributed by atoms with Gasteiger partial charge < -0.3 is 19.3 Å². The first-order valence-electron chi connectivity index (χ1n) is 10.8. The first-order chi connectivity index (χ1) is 15.1. The van der Waals surface area contributed by atoms with Crippen LogP contribution in [0.25, 0.3) is 0 Å². The van der Waals surface area contributed by atoms with Crippen LogP contribution in [0.1, 0.15) is 50.8 Å². The molecule has 2 amide bonds. The second-order valence-electron chi connectivity index (χ2n) is 9.07. The molecule has 1 saturated heterocycles. The van der Waals surface area contributed by atoms with Gasteiger partial charge in [-0.05, 0) is 56.9 Å². The van der Waals surface area contributed by atoms with E-state index in [0.29, 0.717) is 19.4 Å². The zero-order valence-electron chi connectivity index (χ0n) is 19.1. The van der Waals surface area contributed by atoms with E-state index in [-0.39, 0.29) is 24.5 Å². The molecule has 32 heavy (non-hydrogen) atoms. The van der Waals surface area contributed by atoms with Gasteiger partial charge in [0.05, 0.1) is 6.04 Å². The average Bonchev–Trinajstić information content (AvgIpc) is 2.76. The van der Waals surface area contributed by atoms with E-state index < -0.39 is 17.8 Å². The molecule has 1 aliphatic heterocycles. The Kier molecular flexibility index (Phi) is 7.38. The van der Waals surface area contributed by atoms with Crippen LogP contribution in [0.5, 0.6) is 0 Å². The molecule has 0 saturated carbocycles. The Labute approximate surface area is 188 Å². The number of halogens is 1. The minimum atomic E-state index is -0.594. The van der Waals surface area contributed by atoms with E-state index in [1.807, 2.05) is 51.1 Å². The highest BCUT2D eigenvalue weighted by molar-refractivity contribution is 5.70.